The number of phosphoric ester groups is 2. The summed E-state index contributed by atoms with van der Waals surface area (Å²) in [5.74, 6) is -0.465. The topological polar surface area (TPSA) is 237 Å². The van der Waals surface area contributed by atoms with Gasteiger partial charge in [-0.15, -0.1) is 0 Å². The molecule has 6 atom stereocenters. The highest BCUT2D eigenvalue weighted by Gasteiger charge is 2.30. The molecule has 3 N–H and O–H groups in total. The fourth-order valence-corrected chi connectivity index (χ4v) is 12.8. The number of carbonyl (C=O) groups is 4. The van der Waals surface area contributed by atoms with Gasteiger partial charge in [-0.3, -0.25) is 37.3 Å². The number of aliphatic hydroxyl groups is 1. The van der Waals surface area contributed by atoms with Crippen molar-refractivity contribution in [3.05, 3.63) is 0 Å². The van der Waals surface area contributed by atoms with Crippen LogP contribution in [0.5, 0.6) is 0 Å². The Kier molecular flexibility index (Phi) is 64.6. The van der Waals surface area contributed by atoms with Crippen molar-refractivity contribution in [2.75, 3.05) is 39.6 Å². The summed E-state index contributed by atoms with van der Waals surface area (Å²) in [6, 6.07) is 0. The van der Waals surface area contributed by atoms with Gasteiger partial charge in [0.05, 0.1) is 26.4 Å². The number of aliphatic hydroxyl groups excluding tert-OH is 1. The van der Waals surface area contributed by atoms with E-state index in [0.29, 0.717) is 25.7 Å². The molecule has 0 aliphatic rings. The van der Waals surface area contributed by atoms with Crippen LogP contribution in [0, 0.1) is 11.8 Å². The van der Waals surface area contributed by atoms with Gasteiger partial charge in [0.15, 0.2) is 12.2 Å². The minimum Gasteiger partial charge on any atom is -0.462 e. The molecule has 0 fully saturated rings. The minimum atomic E-state index is -4.95. The Labute approximate surface area is 568 Å². The number of hydrogen-bond donors (Lipinski definition) is 3. The fourth-order valence-electron chi connectivity index (χ4n) is 11.3. The molecule has 0 spiro atoms. The molecule has 0 heterocycles. The highest BCUT2D eigenvalue weighted by Crippen LogP contribution is 2.45. The third-order valence-corrected chi connectivity index (χ3v) is 19.5. The van der Waals surface area contributed by atoms with E-state index in [9.17, 15) is 43.2 Å². The van der Waals surface area contributed by atoms with Gasteiger partial charge < -0.3 is 33.8 Å². The van der Waals surface area contributed by atoms with Gasteiger partial charge in [0.25, 0.3) is 0 Å². The van der Waals surface area contributed by atoms with Crippen molar-refractivity contribution in [2.24, 2.45) is 11.8 Å². The van der Waals surface area contributed by atoms with Crippen LogP contribution in [0.2, 0.25) is 0 Å². The smallest absolute Gasteiger partial charge is 0.462 e. The van der Waals surface area contributed by atoms with Crippen molar-refractivity contribution < 1.29 is 80.2 Å². The average molecular weight is 1370 g/mol. The number of esters is 4. The maximum Gasteiger partial charge on any atom is 0.472 e. The molecule has 0 saturated carbocycles. The van der Waals surface area contributed by atoms with E-state index >= 15 is 0 Å². The van der Waals surface area contributed by atoms with Gasteiger partial charge in [0, 0.05) is 25.7 Å². The van der Waals surface area contributed by atoms with Crippen LogP contribution in [0.3, 0.4) is 0 Å². The van der Waals surface area contributed by atoms with E-state index in [1.807, 2.05) is 0 Å². The van der Waals surface area contributed by atoms with Crippen LogP contribution in [0.4, 0.5) is 0 Å². The Hall–Kier alpha value is -1.94. The molecule has 19 heteroatoms. The summed E-state index contributed by atoms with van der Waals surface area (Å²) in [6.45, 7) is 9.61. The lowest BCUT2D eigenvalue weighted by Crippen LogP contribution is -2.30. The van der Waals surface area contributed by atoms with Crippen molar-refractivity contribution in [3.8, 4) is 0 Å². The van der Waals surface area contributed by atoms with Crippen LogP contribution in [-0.2, 0) is 65.4 Å². The molecule has 3 unspecified atom stereocenters. The van der Waals surface area contributed by atoms with Gasteiger partial charge in [-0.2, -0.15) is 0 Å². The molecule has 0 bridgehead atoms. The van der Waals surface area contributed by atoms with Gasteiger partial charge in [-0.25, -0.2) is 9.13 Å². The Morgan fingerprint density at radius 1 is 0.312 bits per heavy atom. The van der Waals surface area contributed by atoms with E-state index in [0.717, 1.165) is 115 Å². The van der Waals surface area contributed by atoms with Crippen LogP contribution in [-0.4, -0.2) is 96.7 Å². The zero-order chi connectivity index (χ0) is 68.6. The number of unbranched alkanes of at least 4 members (excludes halogenated alkanes) is 42. The van der Waals surface area contributed by atoms with Gasteiger partial charge in [0.2, 0.25) is 0 Å². The van der Waals surface area contributed by atoms with Crippen molar-refractivity contribution in [1.82, 2.24) is 0 Å². The standard InChI is InChI=1S/C74H144O17P2/c1-7-10-12-14-16-31-40-46-52-58-73(78)90-69(62-84-71(76)56-50-44-36-15-13-11-8-2)64-88-92(80,81)86-60-68(75)61-87-93(82,83)89-65-70(63-85-72(77)57-51-45-39-34-29-25-22-21-24-28-33-38-43-49-55-67(6)9-3)91-74(79)59-53-47-41-35-30-26-20-18-17-19-23-27-32-37-42-48-54-66(4)5/h66-70,75H,7-65H2,1-6H3,(H,80,81)(H,82,83)/t67?,68-,69+,70+/m0/s1. The van der Waals surface area contributed by atoms with Gasteiger partial charge in [-0.05, 0) is 37.5 Å². The van der Waals surface area contributed by atoms with Gasteiger partial charge in [0.1, 0.15) is 19.3 Å². The largest absolute Gasteiger partial charge is 0.472 e. The average Bonchev–Trinajstić information content (AvgIpc) is 1.86. The second-order valence-corrected chi connectivity index (χ2v) is 30.3. The Morgan fingerprint density at radius 3 is 0.817 bits per heavy atom. The summed E-state index contributed by atoms with van der Waals surface area (Å²) in [7, 11) is -9.90. The molecule has 0 saturated heterocycles. The molecule has 0 aromatic carbocycles. The molecule has 93 heavy (non-hydrogen) atoms. The molecule has 0 aliphatic heterocycles. The first-order valence-electron chi connectivity index (χ1n) is 38.5. The second-order valence-electron chi connectivity index (χ2n) is 27.4. The third-order valence-electron chi connectivity index (χ3n) is 17.6. The summed E-state index contributed by atoms with van der Waals surface area (Å²) >= 11 is 0. The van der Waals surface area contributed by atoms with E-state index in [2.05, 4.69) is 41.5 Å². The first kappa shape index (κ1) is 91.1. The van der Waals surface area contributed by atoms with Crippen molar-refractivity contribution in [2.45, 2.75) is 400 Å². The lowest BCUT2D eigenvalue weighted by molar-refractivity contribution is -0.161. The van der Waals surface area contributed by atoms with Crippen LogP contribution >= 0.6 is 15.6 Å². The lowest BCUT2D eigenvalue weighted by atomic mass is 9.99. The van der Waals surface area contributed by atoms with E-state index in [1.165, 1.54) is 186 Å². The van der Waals surface area contributed by atoms with Gasteiger partial charge >= 0.3 is 39.5 Å². The lowest BCUT2D eigenvalue weighted by Gasteiger charge is -2.21. The molecular weight excluding hydrogens is 1220 g/mol. The highest BCUT2D eigenvalue weighted by atomic mass is 31.2. The second kappa shape index (κ2) is 66.0. The van der Waals surface area contributed by atoms with Crippen LogP contribution in [0.25, 0.3) is 0 Å². The van der Waals surface area contributed by atoms with E-state index in [-0.39, 0.29) is 25.7 Å². The summed E-state index contributed by atoms with van der Waals surface area (Å²) in [4.78, 5) is 72.5. The van der Waals surface area contributed by atoms with Gasteiger partial charge in [-0.1, -0.05) is 330 Å². The SMILES string of the molecule is CCCCCCCCCCCC(=O)O[C@H](COC(=O)CCCCCCCCC)COP(=O)(O)OC[C@H](O)COP(=O)(O)OC[C@@H](COC(=O)CCCCCCCCCCCCCCCCC(C)CC)OC(=O)CCCCCCCCCCCCCCCCCCC(C)C. The number of carbonyl (C=O) groups excluding carboxylic acids is 4. The van der Waals surface area contributed by atoms with Crippen molar-refractivity contribution in [3.63, 3.8) is 0 Å². The van der Waals surface area contributed by atoms with E-state index in [1.54, 1.807) is 0 Å². The molecular formula is C74H144O17P2. The fraction of sp³-hybridized carbons (Fsp3) is 0.946. The number of ether oxygens (including phenoxy) is 4. The Morgan fingerprint density at radius 2 is 0.548 bits per heavy atom. The normalized spacial score (nSPS) is 14.3. The molecule has 0 aliphatic carbocycles. The molecule has 17 nitrogen and oxygen atoms in total. The predicted molar refractivity (Wildman–Crippen MR) is 377 cm³/mol. The Bertz CT molecular complexity index is 1810. The number of hydrogen-bond acceptors (Lipinski definition) is 15. The maximum atomic E-state index is 13.1. The highest BCUT2D eigenvalue weighted by molar-refractivity contribution is 7.47. The molecule has 0 rings (SSSR count). The van der Waals surface area contributed by atoms with Crippen LogP contribution in [0.1, 0.15) is 382 Å². The number of rotatable bonds is 73. The monoisotopic (exact) mass is 1370 g/mol. The molecule has 0 aromatic heterocycles. The first-order valence-corrected chi connectivity index (χ1v) is 41.5. The van der Waals surface area contributed by atoms with Crippen molar-refractivity contribution in [1.29, 1.82) is 0 Å². The summed E-state index contributed by atoms with van der Waals surface area (Å²) in [5, 5.41) is 10.6. The Balaban J connectivity index is 5.16. The first-order chi connectivity index (χ1) is 44.9. The molecule has 0 amide bonds. The minimum absolute atomic E-state index is 0.105. The van der Waals surface area contributed by atoms with E-state index in [4.69, 9.17) is 37.0 Å². The summed E-state index contributed by atoms with van der Waals surface area (Å²) in [5.41, 5.74) is 0. The molecule has 0 radical (unpaired) electrons. The zero-order valence-electron chi connectivity index (χ0n) is 60.6. The quantitative estimate of drug-likeness (QED) is 0.0222. The molecule has 552 valence electrons. The predicted octanol–water partition coefficient (Wildman–Crippen LogP) is 21.6. The third kappa shape index (κ3) is 67.0. The van der Waals surface area contributed by atoms with Crippen LogP contribution < -0.4 is 0 Å². The number of phosphoric acid groups is 2. The van der Waals surface area contributed by atoms with E-state index < -0.39 is 97.5 Å². The maximum absolute atomic E-state index is 13.1. The van der Waals surface area contributed by atoms with Crippen molar-refractivity contribution >= 4 is 39.5 Å². The zero-order valence-corrected chi connectivity index (χ0v) is 62.3. The summed E-state index contributed by atoms with van der Waals surface area (Å²) < 4.78 is 68.3. The van der Waals surface area contributed by atoms with Crippen LogP contribution in [0.15, 0.2) is 0 Å². The molecule has 0 aromatic rings. The summed E-state index contributed by atoms with van der Waals surface area (Å²) in [6.07, 6.45) is 52.9.